The van der Waals surface area contributed by atoms with Crippen molar-refractivity contribution in [1.82, 2.24) is 24.8 Å². The summed E-state index contributed by atoms with van der Waals surface area (Å²) in [5.41, 5.74) is 2.26. The number of rotatable bonds is 5. The van der Waals surface area contributed by atoms with Gasteiger partial charge in [0.15, 0.2) is 0 Å². The summed E-state index contributed by atoms with van der Waals surface area (Å²) in [6.07, 6.45) is 11.2. The van der Waals surface area contributed by atoms with Crippen LogP contribution in [0.2, 0.25) is 0 Å². The summed E-state index contributed by atoms with van der Waals surface area (Å²) in [6, 6.07) is 4.47. The third-order valence-electron chi connectivity index (χ3n) is 5.31. The summed E-state index contributed by atoms with van der Waals surface area (Å²) in [5.74, 6) is 0.875. The Morgan fingerprint density at radius 3 is 2.76 bits per heavy atom. The van der Waals surface area contributed by atoms with Gasteiger partial charge in [-0.1, -0.05) is 6.07 Å². The molecule has 2 fully saturated rings. The molecule has 2 aliphatic heterocycles. The highest BCUT2D eigenvalue weighted by molar-refractivity contribution is 5.77. The first-order chi connectivity index (χ1) is 12.3. The molecule has 2 atom stereocenters. The number of pyridine rings is 1. The Hall–Kier alpha value is -2.34. The van der Waals surface area contributed by atoms with Crippen molar-refractivity contribution < 1.29 is 4.79 Å². The second-order valence-corrected chi connectivity index (χ2v) is 7.01. The molecule has 2 saturated heterocycles. The molecule has 0 radical (unpaired) electrons. The zero-order valence-electron chi connectivity index (χ0n) is 14.3. The monoisotopic (exact) mass is 337 g/mol. The number of hydrogen-bond acceptors (Lipinski definition) is 5. The largest absolute Gasteiger partial charge is 0.338 e. The SMILES string of the molecule is O=C(CCc1cncnc1)N1CC[C@H]2CN(Cc3cccnc3)C[C@H]21. The van der Waals surface area contributed by atoms with Crippen molar-refractivity contribution in [2.45, 2.75) is 31.8 Å². The van der Waals surface area contributed by atoms with E-state index in [4.69, 9.17) is 0 Å². The Morgan fingerprint density at radius 1 is 1.12 bits per heavy atom. The Labute approximate surface area is 147 Å². The quantitative estimate of drug-likeness (QED) is 0.828. The maximum atomic E-state index is 12.7. The van der Waals surface area contributed by atoms with Crippen LogP contribution in [0, 0.1) is 5.92 Å². The van der Waals surface area contributed by atoms with Gasteiger partial charge in [-0.15, -0.1) is 0 Å². The van der Waals surface area contributed by atoms with Crippen molar-refractivity contribution in [3.63, 3.8) is 0 Å². The van der Waals surface area contributed by atoms with E-state index in [1.807, 2.05) is 12.3 Å². The minimum absolute atomic E-state index is 0.264. The molecule has 0 unspecified atom stereocenters. The lowest BCUT2D eigenvalue weighted by Crippen LogP contribution is -2.39. The second kappa shape index (κ2) is 7.27. The van der Waals surface area contributed by atoms with Crippen LogP contribution in [0.25, 0.3) is 0 Å². The molecule has 130 valence electrons. The molecule has 0 spiro atoms. The van der Waals surface area contributed by atoms with Crippen molar-refractivity contribution in [2.24, 2.45) is 5.92 Å². The van der Waals surface area contributed by atoms with Crippen LogP contribution in [0.15, 0.2) is 43.2 Å². The number of hydrogen-bond donors (Lipinski definition) is 0. The molecule has 25 heavy (non-hydrogen) atoms. The minimum atomic E-state index is 0.264. The van der Waals surface area contributed by atoms with Crippen LogP contribution in [-0.2, 0) is 17.8 Å². The highest BCUT2D eigenvalue weighted by Crippen LogP contribution is 2.32. The van der Waals surface area contributed by atoms with E-state index in [0.717, 1.165) is 38.2 Å². The summed E-state index contributed by atoms with van der Waals surface area (Å²) in [4.78, 5) is 29.5. The first-order valence-corrected chi connectivity index (χ1v) is 8.94. The lowest BCUT2D eigenvalue weighted by molar-refractivity contribution is -0.132. The molecule has 2 aromatic rings. The molecule has 2 aromatic heterocycles. The highest BCUT2D eigenvalue weighted by atomic mass is 16.2. The molecular weight excluding hydrogens is 314 g/mol. The second-order valence-electron chi connectivity index (χ2n) is 7.01. The van der Waals surface area contributed by atoms with Crippen LogP contribution < -0.4 is 0 Å². The fourth-order valence-electron chi connectivity index (χ4n) is 4.09. The van der Waals surface area contributed by atoms with Crippen LogP contribution in [0.5, 0.6) is 0 Å². The van der Waals surface area contributed by atoms with Crippen LogP contribution in [0.4, 0.5) is 0 Å². The molecule has 4 heterocycles. The van der Waals surface area contributed by atoms with Gasteiger partial charge < -0.3 is 4.90 Å². The van der Waals surface area contributed by atoms with Gasteiger partial charge in [-0.05, 0) is 36.0 Å². The number of nitrogens with zero attached hydrogens (tertiary/aromatic N) is 5. The fraction of sp³-hybridized carbons (Fsp3) is 0.474. The summed E-state index contributed by atoms with van der Waals surface area (Å²) < 4.78 is 0. The van der Waals surface area contributed by atoms with Gasteiger partial charge in [0.05, 0.1) is 0 Å². The predicted molar refractivity (Wildman–Crippen MR) is 93.5 cm³/mol. The first-order valence-electron chi connectivity index (χ1n) is 8.94. The standard InChI is InChI=1S/C19H23N5O/c25-19(4-3-15-8-21-14-22-9-15)24-7-5-17-12-23(13-18(17)24)11-16-2-1-6-20-10-16/h1-2,6,8-10,14,17-18H,3-5,7,11-13H2/t17-,18+/m0/s1. The molecule has 0 bridgehead atoms. The van der Waals surface area contributed by atoms with Gasteiger partial charge in [-0.2, -0.15) is 0 Å². The predicted octanol–water partition coefficient (Wildman–Crippen LogP) is 1.54. The molecule has 0 N–H and O–H groups in total. The lowest BCUT2D eigenvalue weighted by Gasteiger charge is -2.25. The highest BCUT2D eigenvalue weighted by Gasteiger charge is 2.42. The van der Waals surface area contributed by atoms with Crippen molar-refractivity contribution in [2.75, 3.05) is 19.6 Å². The van der Waals surface area contributed by atoms with E-state index < -0.39 is 0 Å². The summed E-state index contributed by atoms with van der Waals surface area (Å²) in [7, 11) is 0. The Kier molecular flexibility index (Phi) is 4.70. The lowest BCUT2D eigenvalue weighted by atomic mass is 10.0. The number of amides is 1. The average molecular weight is 337 g/mol. The first kappa shape index (κ1) is 16.1. The number of fused-ring (bicyclic) bond motifs is 1. The van der Waals surface area contributed by atoms with Crippen LogP contribution in [0.1, 0.15) is 24.0 Å². The van der Waals surface area contributed by atoms with Crippen molar-refractivity contribution in [1.29, 1.82) is 0 Å². The zero-order valence-corrected chi connectivity index (χ0v) is 14.3. The van der Waals surface area contributed by atoms with E-state index in [9.17, 15) is 4.79 Å². The third-order valence-corrected chi connectivity index (χ3v) is 5.31. The number of likely N-dealkylation sites (tertiary alicyclic amines) is 2. The Bertz CT molecular complexity index is 708. The van der Waals surface area contributed by atoms with Crippen LogP contribution in [0.3, 0.4) is 0 Å². The Morgan fingerprint density at radius 2 is 1.96 bits per heavy atom. The molecular formula is C19H23N5O. The smallest absolute Gasteiger partial charge is 0.223 e. The summed E-state index contributed by atoms with van der Waals surface area (Å²) in [5, 5.41) is 0. The van der Waals surface area contributed by atoms with Gasteiger partial charge in [0, 0.05) is 63.4 Å². The third kappa shape index (κ3) is 3.69. The molecule has 4 rings (SSSR count). The fourth-order valence-corrected chi connectivity index (χ4v) is 4.09. The average Bonchev–Trinajstić information content (AvgIpc) is 3.21. The normalized spacial score (nSPS) is 23.0. The van der Waals surface area contributed by atoms with Gasteiger partial charge >= 0.3 is 0 Å². The van der Waals surface area contributed by atoms with Crippen molar-refractivity contribution in [3.8, 4) is 0 Å². The molecule has 0 aromatic carbocycles. The number of carbonyl (C=O) groups excluding carboxylic acids is 1. The molecule has 0 aliphatic carbocycles. The van der Waals surface area contributed by atoms with Gasteiger partial charge in [-0.25, -0.2) is 9.97 Å². The minimum Gasteiger partial charge on any atom is -0.338 e. The van der Waals surface area contributed by atoms with Gasteiger partial charge in [0.1, 0.15) is 6.33 Å². The molecule has 6 heteroatoms. The van der Waals surface area contributed by atoms with Crippen LogP contribution >= 0.6 is 0 Å². The van der Waals surface area contributed by atoms with Crippen molar-refractivity contribution >= 4 is 5.91 Å². The van der Waals surface area contributed by atoms with E-state index in [-0.39, 0.29) is 5.91 Å². The van der Waals surface area contributed by atoms with Gasteiger partial charge in [0.2, 0.25) is 5.91 Å². The number of aryl methyl sites for hydroxylation is 1. The summed E-state index contributed by atoms with van der Waals surface area (Å²) in [6.45, 7) is 3.88. The Balaban J connectivity index is 1.32. The topological polar surface area (TPSA) is 62.2 Å². The van der Waals surface area contributed by atoms with E-state index in [1.165, 1.54) is 11.9 Å². The maximum absolute atomic E-state index is 12.7. The molecule has 2 aliphatic rings. The van der Waals surface area contributed by atoms with E-state index in [1.54, 1.807) is 18.6 Å². The van der Waals surface area contributed by atoms with Gasteiger partial charge in [0.25, 0.3) is 0 Å². The summed E-state index contributed by atoms with van der Waals surface area (Å²) >= 11 is 0. The van der Waals surface area contributed by atoms with Crippen molar-refractivity contribution in [3.05, 3.63) is 54.4 Å². The molecule has 6 nitrogen and oxygen atoms in total. The molecule has 1 amide bonds. The van der Waals surface area contributed by atoms with Gasteiger partial charge in [-0.3, -0.25) is 14.7 Å². The maximum Gasteiger partial charge on any atom is 0.223 e. The van der Waals surface area contributed by atoms with Crippen LogP contribution in [-0.4, -0.2) is 56.3 Å². The number of aromatic nitrogens is 3. The van der Waals surface area contributed by atoms with E-state index >= 15 is 0 Å². The zero-order chi connectivity index (χ0) is 17.1. The number of carbonyl (C=O) groups is 1. The van der Waals surface area contributed by atoms with E-state index in [2.05, 4.69) is 30.8 Å². The molecule has 0 saturated carbocycles. The van der Waals surface area contributed by atoms with E-state index in [0.29, 0.717) is 24.8 Å².